The number of amides is 2. The Morgan fingerprint density at radius 2 is 2.00 bits per heavy atom. The predicted molar refractivity (Wildman–Crippen MR) is 118 cm³/mol. The Balaban J connectivity index is 1.89. The summed E-state index contributed by atoms with van der Waals surface area (Å²) in [6.07, 6.45) is 0. The Labute approximate surface area is 183 Å². The molecule has 0 saturated carbocycles. The molecule has 0 aliphatic rings. The molecule has 0 fully saturated rings. The van der Waals surface area contributed by atoms with Gasteiger partial charge in [-0.05, 0) is 44.5 Å². The number of halogens is 2. The van der Waals surface area contributed by atoms with Gasteiger partial charge in [-0.1, -0.05) is 29.3 Å². The first-order valence-electron chi connectivity index (χ1n) is 9.30. The van der Waals surface area contributed by atoms with Crippen molar-refractivity contribution in [3.63, 3.8) is 0 Å². The summed E-state index contributed by atoms with van der Waals surface area (Å²) in [4.78, 5) is 27.9. The molecular weight excluding hydrogens is 431 g/mol. The minimum atomic E-state index is -0.163. The van der Waals surface area contributed by atoms with Crippen molar-refractivity contribution in [3.05, 3.63) is 50.4 Å². The van der Waals surface area contributed by atoms with Gasteiger partial charge >= 0.3 is 0 Å². The molecule has 0 radical (unpaired) electrons. The number of carbonyl (C=O) groups excluding carboxylic acids is 2. The maximum atomic E-state index is 12.9. The summed E-state index contributed by atoms with van der Waals surface area (Å²) in [7, 11) is 0. The molecule has 2 amide bonds. The number of nitrogens with zero attached hydrogens (tertiary/aromatic N) is 3. The summed E-state index contributed by atoms with van der Waals surface area (Å²) in [5, 5.41) is 9.40. The number of fused-ring (bicyclic) bond motifs is 1. The van der Waals surface area contributed by atoms with Crippen LogP contribution in [-0.4, -0.2) is 46.1 Å². The number of aryl methyl sites for hydroxylation is 1. The van der Waals surface area contributed by atoms with E-state index in [1.54, 1.807) is 17.0 Å². The highest BCUT2D eigenvalue weighted by molar-refractivity contribution is 7.20. The highest BCUT2D eigenvalue weighted by Gasteiger charge is 2.22. The fourth-order valence-electron chi connectivity index (χ4n) is 3.05. The van der Waals surface area contributed by atoms with Crippen molar-refractivity contribution in [2.45, 2.75) is 27.3 Å². The first-order valence-corrected chi connectivity index (χ1v) is 10.9. The van der Waals surface area contributed by atoms with Crippen molar-refractivity contribution in [2.75, 3.05) is 19.6 Å². The van der Waals surface area contributed by atoms with Crippen LogP contribution in [0.15, 0.2) is 24.3 Å². The molecule has 6 nitrogen and oxygen atoms in total. The van der Waals surface area contributed by atoms with Crippen LogP contribution in [0, 0.1) is 6.92 Å². The van der Waals surface area contributed by atoms with Gasteiger partial charge in [0.1, 0.15) is 4.83 Å². The zero-order valence-electron chi connectivity index (χ0n) is 16.5. The summed E-state index contributed by atoms with van der Waals surface area (Å²) in [6, 6.07) is 7.22. The van der Waals surface area contributed by atoms with Gasteiger partial charge in [0.2, 0.25) is 5.91 Å². The van der Waals surface area contributed by atoms with Crippen molar-refractivity contribution in [3.8, 4) is 0 Å². The third kappa shape index (κ3) is 4.74. The second-order valence-electron chi connectivity index (χ2n) is 6.58. The molecule has 1 aromatic carbocycles. The largest absolute Gasteiger partial charge is 0.355 e. The monoisotopic (exact) mass is 452 g/mol. The molecule has 29 heavy (non-hydrogen) atoms. The van der Waals surface area contributed by atoms with Crippen LogP contribution in [0.3, 0.4) is 0 Å². The Bertz CT molecular complexity index is 1060. The number of aromatic nitrogens is 2. The second-order valence-corrected chi connectivity index (χ2v) is 8.46. The van der Waals surface area contributed by atoms with E-state index in [0.717, 1.165) is 21.5 Å². The van der Waals surface area contributed by atoms with Crippen molar-refractivity contribution >= 4 is 56.6 Å². The summed E-state index contributed by atoms with van der Waals surface area (Å²) in [5.41, 5.74) is 1.74. The maximum absolute atomic E-state index is 12.9. The number of benzene rings is 1. The molecule has 0 saturated heterocycles. The number of nitrogens with one attached hydrogen (secondary N) is 1. The van der Waals surface area contributed by atoms with Gasteiger partial charge < -0.3 is 10.2 Å². The highest BCUT2D eigenvalue weighted by atomic mass is 35.5. The van der Waals surface area contributed by atoms with Crippen LogP contribution < -0.4 is 5.32 Å². The minimum absolute atomic E-state index is 0.0446. The lowest BCUT2D eigenvalue weighted by molar-refractivity contribution is -0.121. The standard InChI is InChI=1S/C20H22Cl2N4O2S/c1-4-23-18(27)11-25(5-2)19(28)17-9-15-12(3)24-26(20(15)29-17)10-13-6-7-14(21)8-16(13)22/h6-9H,4-5,10-11H2,1-3H3,(H,23,27). The van der Waals surface area contributed by atoms with Crippen LogP contribution in [0.5, 0.6) is 0 Å². The van der Waals surface area contributed by atoms with E-state index in [-0.39, 0.29) is 18.4 Å². The quantitative estimate of drug-likeness (QED) is 0.578. The van der Waals surface area contributed by atoms with Gasteiger partial charge in [0.15, 0.2) is 0 Å². The molecule has 0 aliphatic carbocycles. The molecule has 2 heterocycles. The smallest absolute Gasteiger partial charge is 0.264 e. The fourth-order valence-corrected chi connectivity index (χ4v) is 4.64. The molecule has 154 valence electrons. The maximum Gasteiger partial charge on any atom is 0.264 e. The summed E-state index contributed by atoms with van der Waals surface area (Å²) in [5.74, 6) is -0.320. The summed E-state index contributed by atoms with van der Waals surface area (Å²) in [6.45, 7) is 7.14. The van der Waals surface area contributed by atoms with E-state index in [0.29, 0.717) is 34.6 Å². The van der Waals surface area contributed by atoms with E-state index >= 15 is 0 Å². The molecule has 0 aliphatic heterocycles. The van der Waals surface area contributed by atoms with Gasteiger partial charge in [-0.2, -0.15) is 5.10 Å². The van der Waals surface area contributed by atoms with Crippen LogP contribution in [0.4, 0.5) is 0 Å². The lowest BCUT2D eigenvalue weighted by Crippen LogP contribution is -2.40. The number of likely N-dealkylation sites (N-methyl/N-ethyl adjacent to an activating group) is 2. The van der Waals surface area contributed by atoms with Crippen LogP contribution in [0.2, 0.25) is 10.0 Å². The first-order chi connectivity index (χ1) is 13.8. The van der Waals surface area contributed by atoms with Crippen molar-refractivity contribution in [1.29, 1.82) is 0 Å². The highest BCUT2D eigenvalue weighted by Crippen LogP contribution is 2.31. The second kappa shape index (κ2) is 9.15. The number of rotatable bonds is 7. The van der Waals surface area contributed by atoms with Gasteiger partial charge in [-0.25, -0.2) is 0 Å². The van der Waals surface area contributed by atoms with Crippen molar-refractivity contribution in [1.82, 2.24) is 20.0 Å². The third-order valence-electron chi connectivity index (χ3n) is 4.53. The summed E-state index contributed by atoms with van der Waals surface area (Å²) < 4.78 is 1.85. The Morgan fingerprint density at radius 1 is 1.24 bits per heavy atom. The first kappa shape index (κ1) is 21.6. The van der Waals surface area contributed by atoms with E-state index in [1.165, 1.54) is 11.3 Å². The molecule has 0 bridgehead atoms. The molecule has 1 N–H and O–H groups in total. The van der Waals surface area contributed by atoms with E-state index in [9.17, 15) is 9.59 Å². The Hall–Kier alpha value is -2.09. The molecule has 0 unspecified atom stereocenters. The summed E-state index contributed by atoms with van der Waals surface area (Å²) >= 11 is 13.7. The van der Waals surface area contributed by atoms with E-state index in [2.05, 4.69) is 10.4 Å². The number of carbonyl (C=O) groups is 2. The molecule has 2 aromatic heterocycles. The normalized spacial score (nSPS) is 11.1. The van der Waals surface area contributed by atoms with Crippen molar-refractivity contribution < 1.29 is 9.59 Å². The topological polar surface area (TPSA) is 67.2 Å². The predicted octanol–water partition coefficient (Wildman–Crippen LogP) is 4.36. The lowest BCUT2D eigenvalue weighted by atomic mass is 10.2. The van der Waals surface area contributed by atoms with E-state index in [4.69, 9.17) is 23.2 Å². The Kier molecular flexibility index (Phi) is 6.82. The van der Waals surface area contributed by atoms with Crippen molar-refractivity contribution in [2.24, 2.45) is 0 Å². The van der Waals surface area contributed by atoms with Crippen LogP contribution in [-0.2, 0) is 11.3 Å². The number of hydrogen-bond acceptors (Lipinski definition) is 4. The minimum Gasteiger partial charge on any atom is -0.355 e. The average Bonchev–Trinajstić information content (AvgIpc) is 3.23. The van der Waals surface area contributed by atoms with Gasteiger partial charge in [-0.3, -0.25) is 14.3 Å². The van der Waals surface area contributed by atoms with E-state index in [1.807, 2.05) is 37.6 Å². The molecule has 9 heteroatoms. The molecular formula is C20H22Cl2N4O2S. The zero-order valence-corrected chi connectivity index (χ0v) is 18.8. The zero-order chi connectivity index (χ0) is 21.1. The van der Waals surface area contributed by atoms with Crippen LogP contribution in [0.1, 0.15) is 34.8 Å². The molecule has 0 spiro atoms. The molecule has 0 atom stereocenters. The van der Waals surface area contributed by atoms with Gasteiger partial charge in [0.05, 0.1) is 23.7 Å². The number of thiophene rings is 1. The fraction of sp³-hybridized carbons (Fsp3) is 0.350. The van der Waals surface area contributed by atoms with Crippen LogP contribution >= 0.6 is 34.5 Å². The average molecular weight is 453 g/mol. The number of hydrogen-bond donors (Lipinski definition) is 1. The van der Waals surface area contributed by atoms with Gasteiger partial charge in [0, 0.05) is 28.5 Å². The van der Waals surface area contributed by atoms with Gasteiger partial charge in [-0.15, -0.1) is 11.3 Å². The SMILES string of the molecule is CCNC(=O)CN(CC)C(=O)c1cc2c(C)nn(Cc3ccc(Cl)cc3Cl)c2s1. The lowest BCUT2D eigenvalue weighted by Gasteiger charge is -2.19. The van der Waals surface area contributed by atoms with Gasteiger partial charge in [0.25, 0.3) is 5.91 Å². The molecule has 3 rings (SSSR count). The Morgan fingerprint density at radius 3 is 2.66 bits per heavy atom. The third-order valence-corrected chi connectivity index (χ3v) is 6.25. The van der Waals surface area contributed by atoms with E-state index < -0.39 is 0 Å². The van der Waals surface area contributed by atoms with Crippen LogP contribution in [0.25, 0.3) is 10.2 Å². The molecule has 3 aromatic rings.